The number of ether oxygens (including phenoxy) is 1. The third kappa shape index (κ3) is 4.28. The zero-order valence-electron chi connectivity index (χ0n) is 18.0. The maximum absolute atomic E-state index is 7.76. The molecule has 1 aliphatic rings. The highest BCUT2D eigenvalue weighted by molar-refractivity contribution is 6.99. The van der Waals surface area contributed by atoms with Crippen LogP contribution in [0, 0.1) is 0 Å². The lowest BCUT2D eigenvalue weighted by Gasteiger charge is -2.22. The van der Waals surface area contributed by atoms with Gasteiger partial charge in [0.25, 0.3) is 5.88 Å². The minimum absolute atomic E-state index is 0.0267. The number of hydrogen-bond donors (Lipinski definition) is 0. The Bertz CT molecular complexity index is 639. The lowest BCUT2D eigenvalue weighted by atomic mass is 10.1. The monoisotopic (exact) mass is 288 g/mol. The fourth-order valence-electron chi connectivity index (χ4n) is 1.84. The Hall–Kier alpha value is -0.940. The van der Waals surface area contributed by atoms with Crippen molar-refractivity contribution in [3.63, 3.8) is 0 Å². The van der Waals surface area contributed by atoms with Gasteiger partial charge in [-0.1, -0.05) is 32.2 Å². The molecule has 0 saturated carbocycles. The molecule has 0 unspecified atom stereocenters. The molecular formula is C14H23N3OS. The van der Waals surface area contributed by atoms with Gasteiger partial charge in [0.2, 0.25) is 0 Å². The van der Waals surface area contributed by atoms with Crippen LogP contribution in [-0.2, 0) is 0 Å². The van der Waals surface area contributed by atoms with E-state index >= 15 is 0 Å². The fraction of sp³-hybridized carbons (Fsp3) is 0.714. The first-order valence-corrected chi connectivity index (χ1v) is 7.05. The van der Waals surface area contributed by atoms with Crippen LogP contribution in [0.2, 0.25) is 0 Å². The van der Waals surface area contributed by atoms with Gasteiger partial charge in [-0.3, -0.25) is 0 Å². The summed E-state index contributed by atoms with van der Waals surface area (Å²) in [5.74, 6) is 0.314. The van der Waals surface area contributed by atoms with Crippen molar-refractivity contribution in [2.45, 2.75) is 38.9 Å². The van der Waals surface area contributed by atoms with E-state index in [4.69, 9.17) is 14.3 Å². The molecule has 1 aromatic heterocycles. The van der Waals surface area contributed by atoms with Crippen molar-refractivity contribution < 1.29 is 14.3 Å². The molecule has 0 aromatic carbocycles. The van der Waals surface area contributed by atoms with Crippen LogP contribution < -0.4 is 4.74 Å². The van der Waals surface area contributed by atoms with Crippen molar-refractivity contribution in [1.82, 2.24) is 13.6 Å². The van der Waals surface area contributed by atoms with Gasteiger partial charge in [0.05, 0.1) is 18.3 Å². The van der Waals surface area contributed by atoms with Crippen LogP contribution in [0.5, 0.6) is 5.88 Å². The first-order valence-electron chi connectivity index (χ1n) is 9.82. The highest BCUT2D eigenvalue weighted by atomic mass is 32.1. The van der Waals surface area contributed by atoms with Crippen molar-refractivity contribution in [2.75, 3.05) is 26.7 Å². The van der Waals surface area contributed by atoms with Crippen molar-refractivity contribution in [3.8, 4) is 5.88 Å². The van der Waals surface area contributed by atoms with Gasteiger partial charge in [0.15, 0.2) is 0 Å². The summed E-state index contributed by atoms with van der Waals surface area (Å²) < 4.78 is 67.1. The first kappa shape index (κ1) is 7.74. The van der Waals surface area contributed by atoms with Gasteiger partial charge in [0, 0.05) is 22.7 Å². The lowest BCUT2D eigenvalue weighted by molar-refractivity contribution is 0.294. The van der Waals surface area contributed by atoms with Crippen molar-refractivity contribution in [2.24, 2.45) is 0 Å². The molecule has 19 heavy (non-hydrogen) atoms. The summed E-state index contributed by atoms with van der Waals surface area (Å²) in [6.45, 7) is -0.0414. The summed E-state index contributed by atoms with van der Waals surface area (Å²) in [6, 6.07) is 0. The first-order chi connectivity index (χ1) is 11.9. The van der Waals surface area contributed by atoms with E-state index in [9.17, 15) is 0 Å². The largest absolute Gasteiger partial charge is 0.475 e. The minimum Gasteiger partial charge on any atom is -0.475 e. The molecule has 0 bridgehead atoms. The Morgan fingerprint density at radius 3 is 3.32 bits per heavy atom. The average Bonchev–Trinajstić information content (AvgIpc) is 2.98. The fourth-order valence-corrected chi connectivity index (χ4v) is 2.37. The van der Waals surface area contributed by atoms with Crippen LogP contribution in [0.25, 0.3) is 5.57 Å². The molecule has 0 spiro atoms. The standard InChI is InChI=1S/C14H23N3OS/c1-3-4-5-6-10-18-14-13(15-19-16-14)12-8-7-9-17(2)11-12/h8H,3-7,9-11H2,1-2H3/i2D3,3D2,4D2. The van der Waals surface area contributed by atoms with Crippen molar-refractivity contribution >= 4 is 17.3 Å². The topological polar surface area (TPSA) is 38.2 Å². The summed E-state index contributed by atoms with van der Waals surface area (Å²) in [5, 5.41) is 0. The van der Waals surface area contributed by atoms with E-state index in [0.29, 0.717) is 31.0 Å². The third-order valence-electron chi connectivity index (χ3n) is 2.78. The molecule has 5 heteroatoms. The van der Waals surface area contributed by atoms with Gasteiger partial charge in [-0.25, -0.2) is 0 Å². The Morgan fingerprint density at radius 1 is 1.53 bits per heavy atom. The zero-order valence-corrected chi connectivity index (χ0v) is 11.8. The molecule has 2 heterocycles. The molecule has 0 N–H and O–H groups in total. The van der Waals surface area contributed by atoms with Gasteiger partial charge >= 0.3 is 0 Å². The third-order valence-corrected chi connectivity index (χ3v) is 3.29. The molecule has 1 aliphatic heterocycles. The van der Waals surface area contributed by atoms with Crippen LogP contribution in [0.15, 0.2) is 6.08 Å². The van der Waals surface area contributed by atoms with Crippen LogP contribution >= 0.6 is 11.7 Å². The molecule has 0 aliphatic carbocycles. The maximum Gasteiger partial charge on any atom is 0.253 e. The molecule has 0 saturated heterocycles. The summed E-state index contributed by atoms with van der Waals surface area (Å²) in [5.41, 5.74) is 1.29. The Balaban J connectivity index is 1.94. The second-order valence-electron chi connectivity index (χ2n) is 4.24. The Morgan fingerprint density at radius 2 is 2.47 bits per heavy atom. The molecule has 0 fully saturated rings. The Labute approximate surface area is 129 Å². The van der Waals surface area contributed by atoms with Crippen molar-refractivity contribution in [3.05, 3.63) is 11.8 Å². The number of hydrogen-bond acceptors (Lipinski definition) is 5. The molecular weight excluding hydrogens is 258 g/mol. The average molecular weight is 288 g/mol. The molecule has 106 valence electrons. The van der Waals surface area contributed by atoms with Gasteiger partial charge in [-0.15, -0.1) is 4.37 Å². The van der Waals surface area contributed by atoms with E-state index in [0.717, 1.165) is 17.3 Å². The van der Waals surface area contributed by atoms with E-state index in [1.807, 2.05) is 6.08 Å². The van der Waals surface area contributed by atoms with Gasteiger partial charge in [-0.05, 0) is 25.4 Å². The smallest absolute Gasteiger partial charge is 0.253 e. The second-order valence-corrected chi connectivity index (χ2v) is 4.76. The number of likely N-dealkylation sites (N-methyl/N-ethyl adjacent to an activating group) is 1. The van der Waals surface area contributed by atoms with Crippen LogP contribution in [0.4, 0.5) is 0 Å². The van der Waals surface area contributed by atoms with E-state index in [1.165, 1.54) is 11.8 Å². The van der Waals surface area contributed by atoms with Crippen LogP contribution in [0.1, 0.15) is 54.2 Å². The maximum atomic E-state index is 7.76. The van der Waals surface area contributed by atoms with Crippen molar-refractivity contribution in [1.29, 1.82) is 0 Å². The molecule has 0 atom stereocenters. The molecule has 1 aromatic rings. The summed E-state index contributed by atoms with van der Waals surface area (Å²) in [4.78, 5) is 1.41. The predicted molar refractivity (Wildman–Crippen MR) is 79.6 cm³/mol. The van der Waals surface area contributed by atoms with Crippen LogP contribution in [0.3, 0.4) is 0 Å². The lowest BCUT2D eigenvalue weighted by Crippen LogP contribution is -2.25. The molecule has 0 amide bonds. The molecule has 0 radical (unpaired) electrons. The van der Waals surface area contributed by atoms with E-state index in [-0.39, 0.29) is 19.6 Å². The minimum atomic E-state index is -2.16. The van der Waals surface area contributed by atoms with Gasteiger partial charge in [0.1, 0.15) is 5.69 Å². The summed E-state index contributed by atoms with van der Waals surface area (Å²) >= 11 is 0.977. The number of nitrogens with zero attached hydrogens (tertiary/aromatic N) is 3. The predicted octanol–water partition coefficient (Wildman–Crippen LogP) is 3.22. The van der Waals surface area contributed by atoms with Gasteiger partial charge in [-0.2, -0.15) is 4.37 Å². The van der Waals surface area contributed by atoms with E-state index in [2.05, 4.69) is 8.75 Å². The van der Waals surface area contributed by atoms with Crippen LogP contribution in [-0.4, -0.2) is 40.3 Å². The van der Waals surface area contributed by atoms with E-state index < -0.39 is 19.7 Å². The number of rotatable bonds is 7. The number of aromatic nitrogens is 2. The van der Waals surface area contributed by atoms with Gasteiger partial charge < -0.3 is 9.64 Å². The molecule has 4 nitrogen and oxygen atoms in total. The Kier molecular flexibility index (Phi) is 3.10. The zero-order chi connectivity index (χ0) is 19.6. The molecule has 2 rings (SSSR count). The summed E-state index contributed by atoms with van der Waals surface area (Å²) in [6.07, 6.45) is -0.957. The summed E-state index contributed by atoms with van der Waals surface area (Å²) in [7, 11) is 0. The van der Waals surface area contributed by atoms with E-state index in [1.54, 1.807) is 0 Å². The normalized spacial score (nSPS) is 24.1. The second kappa shape index (κ2) is 7.60. The quantitative estimate of drug-likeness (QED) is 0.722. The SMILES string of the molecule is [2H]C([2H])([2H])N1CCC=C(c2nsnc2OCCCC([2H])([2H])C([2H])([2H])C)C1. The highest BCUT2D eigenvalue weighted by Crippen LogP contribution is 2.27. The highest BCUT2D eigenvalue weighted by Gasteiger charge is 2.18.